The van der Waals surface area contributed by atoms with Crippen molar-refractivity contribution in [2.24, 2.45) is 11.8 Å². The Labute approximate surface area is 151 Å². The van der Waals surface area contributed by atoms with Gasteiger partial charge >= 0.3 is 0 Å². The third-order valence-corrected chi connectivity index (χ3v) is 6.14. The van der Waals surface area contributed by atoms with Gasteiger partial charge in [-0.25, -0.2) is 0 Å². The second kappa shape index (κ2) is 8.52. The van der Waals surface area contributed by atoms with Gasteiger partial charge < -0.3 is 15.1 Å². The summed E-state index contributed by atoms with van der Waals surface area (Å²) < 4.78 is 0. The summed E-state index contributed by atoms with van der Waals surface area (Å²) in [5, 5.41) is 3.34. The van der Waals surface area contributed by atoms with Crippen molar-refractivity contribution in [2.45, 2.75) is 64.0 Å². The fourth-order valence-electron chi connectivity index (χ4n) is 4.47. The van der Waals surface area contributed by atoms with Gasteiger partial charge in [-0.15, -0.1) is 12.4 Å². The summed E-state index contributed by atoms with van der Waals surface area (Å²) in [5.74, 6) is 1.03. The molecule has 3 rings (SSSR count). The van der Waals surface area contributed by atoms with E-state index >= 15 is 0 Å². The maximum Gasteiger partial charge on any atom is 0.227 e. The molecule has 3 fully saturated rings. The largest absolute Gasteiger partial charge is 0.342 e. The second-order valence-electron chi connectivity index (χ2n) is 7.79. The van der Waals surface area contributed by atoms with Crippen molar-refractivity contribution >= 4 is 24.2 Å². The SMILES string of the molecule is CC1CCC(N2CC(C(=O)N(C)C3CCNCC3)CC2=O)CC1.Cl. The zero-order valence-electron chi connectivity index (χ0n) is 15.0. The number of carbonyl (C=O) groups excluding carboxylic acids is 2. The van der Waals surface area contributed by atoms with Crippen LogP contribution in [0.15, 0.2) is 0 Å². The topological polar surface area (TPSA) is 52.7 Å². The Bertz CT molecular complexity index is 446. The molecule has 2 saturated heterocycles. The number of rotatable bonds is 3. The van der Waals surface area contributed by atoms with Gasteiger partial charge in [0.25, 0.3) is 0 Å². The van der Waals surface area contributed by atoms with Gasteiger partial charge in [0.2, 0.25) is 11.8 Å². The van der Waals surface area contributed by atoms with Crippen molar-refractivity contribution in [1.29, 1.82) is 0 Å². The van der Waals surface area contributed by atoms with Gasteiger partial charge in [-0.3, -0.25) is 9.59 Å². The van der Waals surface area contributed by atoms with Crippen LogP contribution in [-0.4, -0.2) is 60.4 Å². The first-order valence-corrected chi connectivity index (χ1v) is 9.33. The van der Waals surface area contributed by atoms with Crippen molar-refractivity contribution in [1.82, 2.24) is 15.1 Å². The van der Waals surface area contributed by atoms with Crippen LogP contribution in [-0.2, 0) is 9.59 Å². The molecule has 1 unspecified atom stereocenters. The Hall–Kier alpha value is -0.810. The lowest BCUT2D eigenvalue weighted by Crippen LogP contribution is -2.46. The molecule has 1 aliphatic carbocycles. The van der Waals surface area contributed by atoms with Crippen LogP contribution in [0.5, 0.6) is 0 Å². The summed E-state index contributed by atoms with van der Waals surface area (Å²) in [6.45, 7) is 4.91. The first kappa shape index (κ1) is 19.5. The first-order valence-electron chi connectivity index (χ1n) is 9.33. The molecular weight excluding hydrogens is 326 g/mol. The lowest BCUT2D eigenvalue weighted by molar-refractivity contribution is -0.137. The van der Waals surface area contributed by atoms with E-state index in [1.807, 2.05) is 16.8 Å². The third kappa shape index (κ3) is 4.23. The Morgan fingerprint density at radius 2 is 1.75 bits per heavy atom. The predicted molar refractivity (Wildman–Crippen MR) is 97.1 cm³/mol. The molecule has 2 amide bonds. The van der Waals surface area contributed by atoms with E-state index < -0.39 is 0 Å². The van der Waals surface area contributed by atoms with Gasteiger partial charge in [-0.1, -0.05) is 6.92 Å². The van der Waals surface area contributed by atoms with E-state index in [1.54, 1.807) is 0 Å². The summed E-state index contributed by atoms with van der Waals surface area (Å²) >= 11 is 0. The van der Waals surface area contributed by atoms with Gasteiger partial charge in [-0.05, 0) is 57.5 Å². The molecule has 1 saturated carbocycles. The van der Waals surface area contributed by atoms with Crippen molar-refractivity contribution < 1.29 is 9.59 Å². The number of nitrogens with zero attached hydrogens (tertiary/aromatic N) is 2. The average molecular weight is 358 g/mol. The molecule has 24 heavy (non-hydrogen) atoms. The van der Waals surface area contributed by atoms with E-state index in [0.29, 0.717) is 25.0 Å². The highest BCUT2D eigenvalue weighted by molar-refractivity contribution is 5.89. The zero-order valence-corrected chi connectivity index (χ0v) is 15.8. The molecule has 0 aromatic carbocycles. The quantitative estimate of drug-likeness (QED) is 0.841. The molecule has 3 aliphatic rings. The Morgan fingerprint density at radius 3 is 2.38 bits per heavy atom. The monoisotopic (exact) mass is 357 g/mol. The van der Waals surface area contributed by atoms with Crippen molar-refractivity contribution in [3.63, 3.8) is 0 Å². The number of carbonyl (C=O) groups is 2. The summed E-state index contributed by atoms with van der Waals surface area (Å²) in [4.78, 5) is 29.2. The molecule has 0 aromatic rings. The van der Waals surface area contributed by atoms with E-state index in [9.17, 15) is 9.59 Å². The maximum absolute atomic E-state index is 12.8. The minimum absolute atomic E-state index is 0. The molecule has 2 aliphatic heterocycles. The van der Waals surface area contributed by atoms with Gasteiger partial charge in [0.15, 0.2) is 0 Å². The zero-order chi connectivity index (χ0) is 16.4. The van der Waals surface area contributed by atoms with Crippen LogP contribution in [0, 0.1) is 11.8 Å². The van der Waals surface area contributed by atoms with Crippen LogP contribution in [0.25, 0.3) is 0 Å². The minimum Gasteiger partial charge on any atom is -0.342 e. The van der Waals surface area contributed by atoms with E-state index in [1.165, 1.54) is 12.8 Å². The molecule has 6 heteroatoms. The number of hydrogen-bond acceptors (Lipinski definition) is 3. The first-order chi connectivity index (χ1) is 11.1. The maximum atomic E-state index is 12.8. The molecule has 0 radical (unpaired) electrons. The summed E-state index contributed by atoms with van der Waals surface area (Å²) in [6, 6.07) is 0.712. The Kier molecular flexibility index (Phi) is 6.93. The summed E-state index contributed by atoms with van der Waals surface area (Å²) in [6.07, 6.45) is 7.10. The van der Waals surface area contributed by atoms with Gasteiger partial charge in [0, 0.05) is 32.1 Å². The third-order valence-electron chi connectivity index (χ3n) is 6.14. The Morgan fingerprint density at radius 1 is 1.12 bits per heavy atom. The number of nitrogens with one attached hydrogen (secondary N) is 1. The normalized spacial score (nSPS) is 31.7. The number of piperidine rings is 1. The highest BCUT2D eigenvalue weighted by Crippen LogP contribution is 2.32. The van der Waals surface area contributed by atoms with Crippen LogP contribution >= 0.6 is 12.4 Å². The van der Waals surface area contributed by atoms with E-state index in [2.05, 4.69) is 12.2 Å². The fraction of sp³-hybridized carbons (Fsp3) is 0.889. The summed E-state index contributed by atoms with van der Waals surface area (Å²) in [5.41, 5.74) is 0. The lowest BCUT2D eigenvalue weighted by Gasteiger charge is -2.35. The predicted octanol–water partition coefficient (Wildman–Crippen LogP) is 2.05. The molecule has 0 spiro atoms. The van der Waals surface area contributed by atoms with Crippen molar-refractivity contribution in [3.05, 3.63) is 0 Å². The van der Waals surface area contributed by atoms with Crippen LogP contribution in [0.2, 0.25) is 0 Å². The highest BCUT2D eigenvalue weighted by Gasteiger charge is 2.40. The van der Waals surface area contributed by atoms with E-state index in [-0.39, 0.29) is 30.1 Å². The van der Waals surface area contributed by atoms with Crippen molar-refractivity contribution in [3.8, 4) is 0 Å². The molecule has 0 aromatic heterocycles. The van der Waals surface area contributed by atoms with Crippen LogP contribution in [0.4, 0.5) is 0 Å². The van der Waals surface area contributed by atoms with Crippen LogP contribution in [0.3, 0.4) is 0 Å². The average Bonchev–Trinajstić information content (AvgIpc) is 2.97. The molecule has 2 heterocycles. The van der Waals surface area contributed by atoms with Gasteiger partial charge in [-0.2, -0.15) is 0 Å². The number of hydrogen-bond donors (Lipinski definition) is 1. The number of amides is 2. The number of halogens is 1. The number of likely N-dealkylation sites (tertiary alicyclic amines) is 1. The molecule has 1 N–H and O–H groups in total. The van der Waals surface area contributed by atoms with Crippen LogP contribution in [0.1, 0.15) is 51.9 Å². The molecule has 5 nitrogen and oxygen atoms in total. The molecule has 0 bridgehead atoms. The van der Waals surface area contributed by atoms with Gasteiger partial charge in [0.1, 0.15) is 0 Å². The van der Waals surface area contributed by atoms with Crippen LogP contribution < -0.4 is 5.32 Å². The standard InChI is InChI=1S/C18H31N3O2.ClH/c1-13-3-5-16(6-4-13)21-12-14(11-17(21)22)18(23)20(2)15-7-9-19-10-8-15;/h13-16,19H,3-12H2,1-2H3;1H. The fourth-order valence-corrected chi connectivity index (χ4v) is 4.47. The van der Waals surface area contributed by atoms with E-state index in [0.717, 1.165) is 44.7 Å². The molecular formula is C18H32ClN3O2. The molecule has 138 valence electrons. The minimum atomic E-state index is -0.123. The summed E-state index contributed by atoms with van der Waals surface area (Å²) in [7, 11) is 1.92. The molecule has 1 atom stereocenters. The Balaban J connectivity index is 0.00000208. The lowest BCUT2D eigenvalue weighted by atomic mass is 9.86. The second-order valence-corrected chi connectivity index (χ2v) is 7.79. The van der Waals surface area contributed by atoms with E-state index in [4.69, 9.17) is 0 Å². The van der Waals surface area contributed by atoms with Crippen molar-refractivity contribution in [2.75, 3.05) is 26.7 Å². The highest BCUT2D eigenvalue weighted by atomic mass is 35.5. The smallest absolute Gasteiger partial charge is 0.227 e. The van der Waals surface area contributed by atoms with Gasteiger partial charge in [0.05, 0.1) is 5.92 Å².